The van der Waals surface area contributed by atoms with Crippen molar-refractivity contribution in [2.45, 2.75) is 38.3 Å². The molecular formula is C23H32N6. The van der Waals surface area contributed by atoms with Crippen molar-refractivity contribution in [3.8, 4) is 0 Å². The zero-order valence-corrected chi connectivity index (χ0v) is 17.6. The van der Waals surface area contributed by atoms with Gasteiger partial charge in [-0.2, -0.15) is 0 Å². The second-order valence-electron chi connectivity index (χ2n) is 8.25. The molecule has 0 radical (unpaired) electrons. The van der Waals surface area contributed by atoms with E-state index >= 15 is 0 Å². The molecule has 29 heavy (non-hydrogen) atoms. The second kappa shape index (κ2) is 8.51. The number of pyridine rings is 1. The second-order valence-corrected chi connectivity index (χ2v) is 8.25. The van der Waals surface area contributed by atoms with Crippen LogP contribution >= 0.6 is 0 Å². The molecule has 0 aliphatic carbocycles. The molecule has 0 amide bonds. The number of fused-ring (bicyclic) bond motifs is 1. The number of aliphatic imine (C=N–C) groups is 1. The molecule has 1 N–H and O–H groups in total. The standard InChI is InChI=1S/C23H32N6/c1-5-24-23(17(2)3)19-9-6-8-18(25-19)20-16-29-21(26-20)10-7-11-22(29)28-14-12-27(4)13-15-28/h5,7,10-11,16,18-19,25H,1-2,6,8-9,12-15H2,3-4H3. The van der Waals surface area contributed by atoms with Gasteiger partial charge >= 0.3 is 0 Å². The average molecular weight is 393 g/mol. The van der Waals surface area contributed by atoms with Crippen LogP contribution in [-0.4, -0.2) is 59.3 Å². The highest BCUT2D eigenvalue weighted by Gasteiger charge is 2.28. The minimum Gasteiger partial charge on any atom is -0.355 e. The molecule has 2 saturated heterocycles. The van der Waals surface area contributed by atoms with Crippen molar-refractivity contribution >= 4 is 17.2 Å². The molecule has 4 rings (SSSR count). The summed E-state index contributed by atoms with van der Waals surface area (Å²) in [5.41, 5.74) is 4.12. The maximum atomic E-state index is 4.97. The lowest BCUT2D eigenvalue weighted by molar-refractivity contribution is 0.312. The molecule has 154 valence electrons. The van der Waals surface area contributed by atoms with Gasteiger partial charge in [0, 0.05) is 38.6 Å². The molecule has 4 heterocycles. The number of hydrogen-bond donors (Lipinski definition) is 1. The van der Waals surface area contributed by atoms with E-state index in [1.54, 1.807) is 6.20 Å². The molecule has 2 unspecified atom stereocenters. The number of anilines is 1. The molecule has 2 atom stereocenters. The summed E-state index contributed by atoms with van der Waals surface area (Å²) < 4.78 is 2.25. The Bertz CT molecular complexity index is 919. The summed E-state index contributed by atoms with van der Waals surface area (Å²) in [6, 6.07) is 6.85. The van der Waals surface area contributed by atoms with Crippen molar-refractivity contribution in [2.75, 3.05) is 38.1 Å². The number of likely N-dealkylation sites (N-methyl/N-ethyl adjacent to an activating group) is 1. The Hall–Kier alpha value is -2.44. The smallest absolute Gasteiger partial charge is 0.138 e. The van der Waals surface area contributed by atoms with Crippen LogP contribution in [0.2, 0.25) is 0 Å². The lowest BCUT2D eigenvalue weighted by Crippen LogP contribution is -2.45. The van der Waals surface area contributed by atoms with Gasteiger partial charge in [-0.25, -0.2) is 4.98 Å². The minimum atomic E-state index is 0.200. The van der Waals surface area contributed by atoms with Gasteiger partial charge in [-0.3, -0.25) is 9.39 Å². The summed E-state index contributed by atoms with van der Waals surface area (Å²) in [4.78, 5) is 14.3. The molecule has 2 fully saturated rings. The van der Waals surface area contributed by atoms with E-state index in [1.165, 1.54) is 5.82 Å². The normalized spacial score (nSPS) is 24.1. The highest BCUT2D eigenvalue weighted by atomic mass is 15.3. The van der Waals surface area contributed by atoms with Crippen LogP contribution in [-0.2, 0) is 0 Å². The maximum Gasteiger partial charge on any atom is 0.138 e. The van der Waals surface area contributed by atoms with E-state index < -0.39 is 0 Å². The van der Waals surface area contributed by atoms with Gasteiger partial charge < -0.3 is 15.1 Å². The number of piperidine rings is 1. The molecule has 6 nitrogen and oxygen atoms in total. The summed E-state index contributed by atoms with van der Waals surface area (Å²) in [5, 5.41) is 3.77. The first-order chi connectivity index (χ1) is 14.1. The van der Waals surface area contributed by atoms with Crippen LogP contribution in [0.1, 0.15) is 37.9 Å². The van der Waals surface area contributed by atoms with Gasteiger partial charge in [0.15, 0.2) is 0 Å². The van der Waals surface area contributed by atoms with E-state index in [4.69, 9.17) is 4.98 Å². The number of nitrogens with zero attached hydrogens (tertiary/aromatic N) is 5. The van der Waals surface area contributed by atoms with Crippen LogP contribution in [0.25, 0.3) is 5.65 Å². The Kier molecular flexibility index (Phi) is 5.83. The van der Waals surface area contributed by atoms with E-state index in [0.29, 0.717) is 0 Å². The van der Waals surface area contributed by atoms with Crippen LogP contribution in [0.5, 0.6) is 0 Å². The topological polar surface area (TPSA) is 48.2 Å². The zero-order valence-electron chi connectivity index (χ0n) is 17.6. The zero-order chi connectivity index (χ0) is 20.4. The van der Waals surface area contributed by atoms with Gasteiger partial charge in [-0.05, 0) is 50.9 Å². The average Bonchev–Trinajstić information content (AvgIpc) is 3.17. The monoisotopic (exact) mass is 392 g/mol. The Morgan fingerprint density at radius 1 is 1.24 bits per heavy atom. The number of piperazine rings is 1. The third-order valence-corrected chi connectivity index (χ3v) is 6.06. The van der Waals surface area contributed by atoms with Crippen molar-refractivity contribution < 1.29 is 0 Å². The van der Waals surface area contributed by atoms with Gasteiger partial charge in [-0.15, -0.1) is 0 Å². The molecule has 0 bridgehead atoms. The van der Waals surface area contributed by atoms with Gasteiger partial charge in [0.25, 0.3) is 0 Å². The molecule has 0 aromatic carbocycles. The highest BCUT2D eigenvalue weighted by Crippen LogP contribution is 2.28. The Morgan fingerprint density at radius 2 is 2.03 bits per heavy atom. The molecule has 0 saturated carbocycles. The summed E-state index contributed by atoms with van der Waals surface area (Å²) in [6.45, 7) is 14.2. The maximum absolute atomic E-state index is 4.97. The number of imidazole rings is 1. The van der Waals surface area contributed by atoms with Gasteiger partial charge in [0.1, 0.15) is 11.5 Å². The molecule has 2 aliphatic rings. The number of nitrogens with one attached hydrogen (secondary N) is 1. The fraction of sp³-hybridized carbons (Fsp3) is 0.478. The summed E-state index contributed by atoms with van der Waals surface area (Å²) in [5.74, 6) is 1.23. The largest absolute Gasteiger partial charge is 0.355 e. The predicted octanol–water partition coefficient (Wildman–Crippen LogP) is 3.43. The predicted molar refractivity (Wildman–Crippen MR) is 121 cm³/mol. The van der Waals surface area contributed by atoms with Crippen molar-refractivity contribution in [1.29, 1.82) is 0 Å². The van der Waals surface area contributed by atoms with Gasteiger partial charge in [0.05, 0.1) is 23.5 Å². The van der Waals surface area contributed by atoms with E-state index in [9.17, 15) is 0 Å². The SMILES string of the molecule is C=CN=C(C(=C)C)C1CCCC(c2cn3c(N4CCN(C)CC4)cccc3n2)N1. The first-order valence-electron chi connectivity index (χ1n) is 10.6. The van der Waals surface area contributed by atoms with Crippen LogP contribution in [0.4, 0.5) is 5.82 Å². The number of aromatic nitrogens is 2. The number of rotatable bonds is 5. The Morgan fingerprint density at radius 3 is 2.76 bits per heavy atom. The molecule has 2 aliphatic heterocycles. The molecular weight excluding hydrogens is 360 g/mol. The van der Waals surface area contributed by atoms with Crippen molar-refractivity contribution in [3.63, 3.8) is 0 Å². The van der Waals surface area contributed by atoms with E-state index in [-0.39, 0.29) is 12.1 Å². The number of hydrogen-bond acceptors (Lipinski definition) is 5. The van der Waals surface area contributed by atoms with Crippen LogP contribution in [0.15, 0.2) is 54.3 Å². The lowest BCUT2D eigenvalue weighted by atomic mass is 9.92. The Balaban J connectivity index is 1.59. The highest BCUT2D eigenvalue weighted by molar-refractivity contribution is 6.03. The van der Waals surface area contributed by atoms with E-state index in [1.807, 2.05) is 6.92 Å². The quantitative estimate of drug-likeness (QED) is 0.792. The molecule has 6 heteroatoms. The van der Waals surface area contributed by atoms with Gasteiger partial charge in [-0.1, -0.05) is 19.2 Å². The van der Waals surface area contributed by atoms with Crippen molar-refractivity contribution in [2.24, 2.45) is 4.99 Å². The fourth-order valence-corrected chi connectivity index (χ4v) is 4.46. The van der Waals surface area contributed by atoms with E-state index in [2.05, 4.69) is 69.1 Å². The van der Waals surface area contributed by atoms with Crippen LogP contribution < -0.4 is 10.2 Å². The summed E-state index contributed by atoms with van der Waals surface area (Å²) in [7, 11) is 2.19. The van der Waals surface area contributed by atoms with E-state index in [0.717, 1.165) is 68.1 Å². The first kappa shape index (κ1) is 19.9. The van der Waals surface area contributed by atoms with Crippen LogP contribution in [0.3, 0.4) is 0 Å². The van der Waals surface area contributed by atoms with Gasteiger partial charge in [0.2, 0.25) is 0 Å². The lowest BCUT2D eigenvalue weighted by Gasteiger charge is -2.34. The third kappa shape index (κ3) is 4.14. The minimum absolute atomic E-state index is 0.200. The first-order valence-corrected chi connectivity index (χ1v) is 10.6. The van der Waals surface area contributed by atoms with Crippen molar-refractivity contribution in [1.82, 2.24) is 19.6 Å². The fourth-order valence-electron chi connectivity index (χ4n) is 4.46. The summed E-state index contributed by atoms with van der Waals surface area (Å²) >= 11 is 0. The molecule has 2 aromatic heterocycles. The molecule has 0 spiro atoms. The van der Waals surface area contributed by atoms with Crippen LogP contribution in [0, 0.1) is 0 Å². The molecule has 2 aromatic rings. The summed E-state index contributed by atoms with van der Waals surface area (Å²) in [6.07, 6.45) is 7.12. The third-order valence-electron chi connectivity index (χ3n) is 6.06. The Labute approximate surface area is 173 Å². The van der Waals surface area contributed by atoms with Crippen molar-refractivity contribution in [3.05, 3.63) is 55.0 Å².